The second kappa shape index (κ2) is 3.42. The van der Waals surface area contributed by atoms with Gasteiger partial charge >= 0.3 is 0 Å². The largest absolute Gasteiger partial charge is 0.397 e. The fourth-order valence-electron chi connectivity index (χ4n) is 1.73. The van der Waals surface area contributed by atoms with E-state index < -0.39 is 0 Å². The lowest BCUT2D eigenvalue weighted by atomic mass is 10.1. The van der Waals surface area contributed by atoms with Crippen molar-refractivity contribution in [3.05, 3.63) is 41.5 Å². The van der Waals surface area contributed by atoms with Crippen LogP contribution in [0.5, 0.6) is 0 Å². The molecule has 3 heteroatoms. The quantitative estimate of drug-likeness (QED) is 0.720. The molecule has 1 heterocycles. The van der Waals surface area contributed by atoms with E-state index in [0.717, 1.165) is 28.3 Å². The van der Waals surface area contributed by atoms with E-state index in [2.05, 4.69) is 18.0 Å². The Bertz CT molecular complexity index is 477. The van der Waals surface area contributed by atoms with Crippen molar-refractivity contribution in [1.29, 1.82) is 0 Å². The summed E-state index contributed by atoms with van der Waals surface area (Å²) in [5.41, 5.74) is 11.1. The summed E-state index contributed by atoms with van der Waals surface area (Å²) < 4.78 is 2.04. The molecule has 1 aromatic carbocycles. The standard InChI is InChI=1S/C12H15N3/c1-8-5-4-6-11(13)12(8)15-7-14-9(2)10(15)3/h4-7H,13H2,1-3H3. The maximum absolute atomic E-state index is 5.98. The van der Waals surface area contributed by atoms with Crippen LogP contribution >= 0.6 is 0 Å². The minimum absolute atomic E-state index is 0.788. The summed E-state index contributed by atoms with van der Waals surface area (Å²) in [6.07, 6.45) is 1.82. The second-order valence-electron chi connectivity index (χ2n) is 3.80. The zero-order chi connectivity index (χ0) is 11.0. The van der Waals surface area contributed by atoms with Crippen LogP contribution in [-0.2, 0) is 0 Å². The number of hydrogen-bond acceptors (Lipinski definition) is 2. The Balaban J connectivity index is 2.69. The zero-order valence-electron chi connectivity index (χ0n) is 9.28. The van der Waals surface area contributed by atoms with E-state index in [0.29, 0.717) is 0 Å². The van der Waals surface area contributed by atoms with Gasteiger partial charge in [-0.2, -0.15) is 0 Å². The van der Waals surface area contributed by atoms with Crippen LogP contribution < -0.4 is 5.73 Å². The Kier molecular flexibility index (Phi) is 2.23. The lowest BCUT2D eigenvalue weighted by molar-refractivity contribution is 0.991. The highest BCUT2D eigenvalue weighted by Gasteiger charge is 2.09. The molecule has 0 fully saturated rings. The average Bonchev–Trinajstić information content (AvgIpc) is 2.49. The van der Waals surface area contributed by atoms with Gasteiger partial charge in [0.1, 0.15) is 0 Å². The minimum Gasteiger partial charge on any atom is -0.397 e. The van der Waals surface area contributed by atoms with Crippen LogP contribution in [0.25, 0.3) is 5.69 Å². The van der Waals surface area contributed by atoms with Crippen molar-refractivity contribution in [2.24, 2.45) is 0 Å². The average molecular weight is 201 g/mol. The topological polar surface area (TPSA) is 43.8 Å². The molecule has 0 saturated heterocycles. The summed E-state index contributed by atoms with van der Waals surface area (Å²) in [4.78, 5) is 4.28. The van der Waals surface area contributed by atoms with Gasteiger partial charge in [0.05, 0.1) is 23.4 Å². The van der Waals surface area contributed by atoms with Gasteiger partial charge in [-0.15, -0.1) is 0 Å². The summed E-state index contributed by atoms with van der Waals surface area (Å²) in [7, 11) is 0. The molecule has 0 unspecified atom stereocenters. The minimum atomic E-state index is 0.788. The Morgan fingerprint density at radius 2 is 1.93 bits per heavy atom. The molecule has 0 amide bonds. The number of hydrogen-bond donors (Lipinski definition) is 1. The third-order valence-electron chi connectivity index (χ3n) is 2.76. The highest BCUT2D eigenvalue weighted by atomic mass is 15.1. The van der Waals surface area contributed by atoms with E-state index in [9.17, 15) is 0 Å². The summed E-state index contributed by atoms with van der Waals surface area (Å²) in [6, 6.07) is 5.94. The molecule has 2 aromatic rings. The number of imidazole rings is 1. The first kappa shape index (κ1) is 9.77. The molecule has 0 spiro atoms. The smallest absolute Gasteiger partial charge is 0.0998 e. The number of nitrogens with two attached hydrogens (primary N) is 1. The van der Waals surface area contributed by atoms with Gasteiger partial charge in [-0.1, -0.05) is 12.1 Å². The van der Waals surface area contributed by atoms with Crippen molar-refractivity contribution >= 4 is 5.69 Å². The van der Waals surface area contributed by atoms with E-state index in [1.165, 1.54) is 0 Å². The molecular weight excluding hydrogens is 186 g/mol. The van der Waals surface area contributed by atoms with E-state index in [4.69, 9.17) is 5.73 Å². The first-order valence-electron chi connectivity index (χ1n) is 4.97. The number of para-hydroxylation sites is 1. The number of aryl methyl sites for hydroxylation is 2. The van der Waals surface area contributed by atoms with E-state index in [1.54, 1.807) is 0 Å². The molecular formula is C12H15N3. The second-order valence-corrected chi connectivity index (χ2v) is 3.80. The van der Waals surface area contributed by atoms with Crippen molar-refractivity contribution < 1.29 is 0 Å². The van der Waals surface area contributed by atoms with E-state index in [1.807, 2.05) is 36.9 Å². The molecule has 0 aliphatic heterocycles. The van der Waals surface area contributed by atoms with Gasteiger partial charge in [0.25, 0.3) is 0 Å². The monoisotopic (exact) mass is 201 g/mol. The van der Waals surface area contributed by atoms with Crippen LogP contribution in [0.1, 0.15) is 17.0 Å². The summed E-state index contributed by atoms with van der Waals surface area (Å²) >= 11 is 0. The molecule has 1 aromatic heterocycles. The number of anilines is 1. The van der Waals surface area contributed by atoms with E-state index >= 15 is 0 Å². The fraction of sp³-hybridized carbons (Fsp3) is 0.250. The highest BCUT2D eigenvalue weighted by Crippen LogP contribution is 2.23. The van der Waals surface area contributed by atoms with Crippen LogP contribution in [0.4, 0.5) is 5.69 Å². The van der Waals surface area contributed by atoms with Crippen molar-refractivity contribution in [3.63, 3.8) is 0 Å². The van der Waals surface area contributed by atoms with Crippen LogP contribution in [0, 0.1) is 20.8 Å². The van der Waals surface area contributed by atoms with Crippen LogP contribution in [0.2, 0.25) is 0 Å². The highest BCUT2D eigenvalue weighted by molar-refractivity contribution is 5.62. The molecule has 0 radical (unpaired) electrons. The molecule has 15 heavy (non-hydrogen) atoms. The van der Waals surface area contributed by atoms with Crippen LogP contribution in [-0.4, -0.2) is 9.55 Å². The Morgan fingerprint density at radius 1 is 1.20 bits per heavy atom. The van der Waals surface area contributed by atoms with E-state index in [-0.39, 0.29) is 0 Å². The molecule has 2 N–H and O–H groups in total. The van der Waals surface area contributed by atoms with Gasteiger partial charge in [0.15, 0.2) is 0 Å². The van der Waals surface area contributed by atoms with Crippen molar-refractivity contribution in [2.75, 3.05) is 5.73 Å². The van der Waals surface area contributed by atoms with Gasteiger partial charge in [0.2, 0.25) is 0 Å². The van der Waals surface area contributed by atoms with Crippen molar-refractivity contribution in [1.82, 2.24) is 9.55 Å². The zero-order valence-corrected chi connectivity index (χ0v) is 9.28. The molecule has 0 saturated carbocycles. The maximum atomic E-state index is 5.98. The number of nitrogens with zero attached hydrogens (tertiary/aromatic N) is 2. The third-order valence-corrected chi connectivity index (χ3v) is 2.76. The third kappa shape index (κ3) is 1.50. The van der Waals surface area contributed by atoms with Crippen molar-refractivity contribution in [2.45, 2.75) is 20.8 Å². The van der Waals surface area contributed by atoms with Crippen LogP contribution in [0.3, 0.4) is 0 Å². The number of benzene rings is 1. The lowest BCUT2D eigenvalue weighted by Gasteiger charge is -2.11. The van der Waals surface area contributed by atoms with Crippen LogP contribution in [0.15, 0.2) is 24.5 Å². The molecule has 0 atom stereocenters. The Labute approximate surface area is 89.6 Å². The molecule has 78 valence electrons. The molecule has 0 bridgehead atoms. The maximum Gasteiger partial charge on any atom is 0.0998 e. The summed E-state index contributed by atoms with van der Waals surface area (Å²) in [6.45, 7) is 6.11. The first-order chi connectivity index (χ1) is 7.11. The Morgan fingerprint density at radius 3 is 2.47 bits per heavy atom. The SMILES string of the molecule is Cc1cccc(N)c1-n1cnc(C)c1C. The van der Waals surface area contributed by atoms with Gasteiger partial charge in [-0.3, -0.25) is 0 Å². The predicted molar refractivity (Wildman–Crippen MR) is 62.2 cm³/mol. The van der Waals surface area contributed by atoms with Gasteiger partial charge in [0, 0.05) is 5.69 Å². The van der Waals surface area contributed by atoms with Gasteiger partial charge in [-0.25, -0.2) is 4.98 Å². The van der Waals surface area contributed by atoms with Crippen molar-refractivity contribution in [3.8, 4) is 5.69 Å². The predicted octanol–water partition coefficient (Wildman–Crippen LogP) is 2.38. The Hall–Kier alpha value is -1.77. The number of nitrogen functional groups attached to an aromatic ring is 1. The fourth-order valence-corrected chi connectivity index (χ4v) is 1.73. The molecule has 0 aliphatic rings. The number of aromatic nitrogens is 2. The van der Waals surface area contributed by atoms with Gasteiger partial charge < -0.3 is 10.3 Å². The molecule has 3 nitrogen and oxygen atoms in total. The lowest BCUT2D eigenvalue weighted by Crippen LogP contribution is -2.02. The first-order valence-corrected chi connectivity index (χ1v) is 4.97. The molecule has 2 rings (SSSR count). The normalized spacial score (nSPS) is 10.6. The molecule has 0 aliphatic carbocycles. The summed E-state index contributed by atoms with van der Waals surface area (Å²) in [5, 5.41) is 0. The van der Waals surface area contributed by atoms with Gasteiger partial charge in [-0.05, 0) is 32.4 Å². The summed E-state index contributed by atoms with van der Waals surface area (Å²) in [5.74, 6) is 0. The number of rotatable bonds is 1.